The number of carbonyl (C=O) groups is 1. The van der Waals surface area contributed by atoms with E-state index in [4.69, 9.17) is 11.6 Å². The number of carbonyl (C=O) groups excluding carboxylic acids is 1. The lowest BCUT2D eigenvalue weighted by Crippen LogP contribution is -2.39. The number of hydrogen-bond acceptors (Lipinski definition) is 2. The van der Waals surface area contributed by atoms with Crippen LogP contribution in [0.3, 0.4) is 0 Å². The van der Waals surface area contributed by atoms with Gasteiger partial charge in [-0.1, -0.05) is 12.5 Å². The summed E-state index contributed by atoms with van der Waals surface area (Å²) in [6.07, 6.45) is 3.76. The Balaban J connectivity index is 2.05. The molecule has 0 spiro atoms. The fraction of sp³-hybridized carbons (Fsp3) is 0.500. The molecule has 5 heteroatoms. The average molecular weight is 286 g/mol. The smallest absolute Gasteiger partial charge is 0.258 e. The van der Waals surface area contributed by atoms with Gasteiger partial charge in [-0.3, -0.25) is 4.79 Å². The van der Waals surface area contributed by atoms with Crippen LogP contribution in [0, 0.1) is 11.7 Å². The Bertz CT molecular complexity index is 447. The zero-order valence-corrected chi connectivity index (χ0v) is 11.3. The van der Waals surface area contributed by atoms with Gasteiger partial charge in [0.15, 0.2) is 0 Å². The number of nitrogens with one attached hydrogen (secondary N) is 1. The van der Waals surface area contributed by atoms with Crippen LogP contribution in [0.1, 0.15) is 36.0 Å². The van der Waals surface area contributed by atoms with E-state index < -0.39 is 11.7 Å². The number of benzene rings is 1. The van der Waals surface area contributed by atoms with Gasteiger partial charge in [0.05, 0.1) is 0 Å². The third kappa shape index (κ3) is 3.38. The number of rotatable bonds is 3. The van der Waals surface area contributed by atoms with E-state index in [1.165, 1.54) is 12.1 Å². The summed E-state index contributed by atoms with van der Waals surface area (Å²) in [5, 5.41) is 12.4. The van der Waals surface area contributed by atoms with Crippen LogP contribution in [-0.4, -0.2) is 22.9 Å². The van der Waals surface area contributed by atoms with Crippen LogP contribution in [0.15, 0.2) is 18.2 Å². The van der Waals surface area contributed by atoms with Crippen molar-refractivity contribution in [2.24, 2.45) is 5.92 Å². The van der Waals surface area contributed by atoms with Crippen LogP contribution in [0.2, 0.25) is 0 Å². The lowest BCUT2D eigenvalue weighted by molar-refractivity contribution is 0.0914. The number of amides is 1. The summed E-state index contributed by atoms with van der Waals surface area (Å²) in [7, 11) is 0. The molecule has 2 unspecified atom stereocenters. The van der Waals surface area contributed by atoms with Crippen molar-refractivity contribution in [1.29, 1.82) is 0 Å². The fourth-order valence-corrected chi connectivity index (χ4v) is 2.84. The van der Waals surface area contributed by atoms with E-state index in [9.17, 15) is 14.3 Å². The van der Waals surface area contributed by atoms with Crippen LogP contribution in [0.4, 0.5) is 4.39 Å². The van der Waals surface area contributed by atoms with Crippen molar-refractivity contribution >= 4 is 17.5 Å². The third-order valence-electron chi connectivity index (χ3n) is 3.55. The minimum Gasteiger partial charge on any atom is -0.507 e. The molecule has 1 fully saturated rings. The van der Waals surface area contributed by atoms with Crippen LogP contribution >= 0.6 is 11.6 Å². The van der Waals surface area contributed by atoms with Crippen molar-refractivity contribution in [1.82, 2.24) is 5.32 Å². The van der Waals surface area contributed by atoms with Crippen LogP contribution in [0.25, 0.3) is 0 Å². The van der Waals surface area contributed by atoms with Gasteiger partial charge in [0, 0.05) is 11.9 Å². The molecular formula is C14H17ClFNO2. The van der Waals surface area contributed by atoms with Gasteiger partial charge in [-0.05, 0) is 37.3 Å². The van der Waals surface area contributed by atoms with Gasteiger partial charge in [0.1, 0.15) is 17.1 Å². The van der Waals surface area contributed by atoms with Gasteiger partial charge in [0.25, 0.3) is 5.91 Å². The predicted octanol–water partition coefficient (Wildman–Crippen LogP) is 3.06. The molecule has 2 N–H and O–H groups in total. The Kier molecular flexibility index (Phi) is 4.64. The summed E-state index contributed by atoms with van der Waals surface area (Å²) in [5.74, 6) is -0.618. The third-order valence-corrected chi connectivity index (χ3v) is 3.99. The van der Waals surface area contributed by atoms with E-state index in [1.807, 2.05) is 0 Å². The summed E-state index contributed by atoms with van der Waals surface area (Å²) in [5.41, 5.74) is -0.282. The second-order valence-corrected chi connectivity index (χ2v) is 5.30. The van der Waals surface area contributed by atoms with E-state index in [2.05, 4.69) is 5.32 Å². The fourth-order valence-electron chi connectivity index (χ4n) is 2.56. The standard InChI is InChI=1S/C14H17ClFNO2/c15-8-9-3-1-4-10(7-9)17-14(19)13-11(16)5-2-6-12(13)18/h2,5-6,9-10,18H,1,3-4,7-8H2,(H,17,19). The number of aromatic hydroxyl groups is 1. The molecule has 0 radical (unpaired) electrons. The van der Waals surface area contributed by atoms with Crippen LogP contribution < -0.4 is 5.32 Å². The summed E-state index contributed by atoms with van der Waals surface area (Å²) in [6.45, 7) is 0. The predicted molar refractivity (Wildman–Crippen MR) is 72.0 cm³/mol. The summed E-state index contributed by atoms with van der Waals surface area (Å²) < 4.78 is 13.6. The highest BCUT2D eigenvalue weighted by Gasteiger charge is 2.25. The highest BCUT2D eigenvalue weighted by atomic mass is 35.5. The summed E-state index contributed by atoms with van der Waals surface area (Å²) >= 11 is 5.84. The topological polar surface area (TPSA) is 49.3 Å². The second kappa shape index (κ2) is 6.24. The van der Waals surface area contributed by atoms with Crippen molar-refractivity contribution in [3.63, 3.8) is 0 Å². The molecule has 1 aliphatic rings. The van der Waals surface area contributed by atoms with Gasteiger partial charge in [0.2, 0.25) is 0 Å². The van der Waals surface area contributed by atoms with Crippen molar-refractivity contribution in [3.05, 3.63) is 29.6 Å². The van der Waals surface area contributed by atoms with E-state index in [0.29, 0.717) is 11.8 Å². The minimum absolute atomic E-state index is 0.00371. The SMILES string of the molecule is O=C(NC1CCCC(CCl)C1)c1c(O)cccc1F. The number of phenolic OH excluding ortho intramolecular Hbond substituents is 1. The maximum atomic E-state index is 13.6. The number of halogens is 2. The first-order valence-corrected chi connectivity index (χ1v) is 6.99. The molecule has 3 nitrogen and oxygen atoms in total. The van der Waals surface area contributed by atoms with E-state index in [0.717, 1.165) is 31.7 Å². The highest BCUT2D eigenvalue weighted by Crippen LogP contribution is 2.26. The number of hydrogen-bond donors (Lipinski definition) is 2. The van der Waals surface area contributed by atoms with Crippen molar-refractivity contribution in [2.45, 2.75) is 31.7 Å². The number of phenols is 1. The summed E-state index contributed by atoms with van der Waals surface area (Å²) in [6, 6.07) is 3.84. The number of alkyl halides is 1. The normalized spacial score (nSPS) is 23.1. The van der Waals surface area contributed by atoms with E-state index >= 15 is 0 Å². The Morgan fingerprint density at radius 1 is 1.47 bits per heavy atom. The van der Waals surface area contributed by atoms with Gasteiger partial charge >= 0.3 is 0 Å². The monoisotopic (exact) mass is 285 g/mol. The van der Waals surface area contributed by atoms with Gasteiger partial charge < -0.3 is 10.4 Å². The molecule has 2 atom stereocenters. The van der Waals surface area contributed by atoms with Gasteiger partial charge in [-0.2, -0.15) is 0 Å². The molecule has 1 aromatic carbocycles. The molecule has 0 aliphatic heterocycles. The first-order chi connectivity index (χ1) is 9.11. The van der Waals surface area contributed by atoms with Crippen molar-refractivity contribution < 1.29 is 14.3 Å². The molecule has 0 aromatic heterocycles. The second-order valence-electron chi connectivity index (χ2n) is 4.99. The molecule has 1 aliphatic carbocycles. The Morgan fingerprint density at radius 3 is 2.95 bits per heavy atom. The Hall–Kier alpha value is -1.29. The van der Waals surface area contributed by atoms with Gasteiger partial charge in [-0.25, -0.2) is 4.39 Å². The zero-order chi connectivity index (χ0) is 13.8. The maximum Gasteiger partial charge on any atom is 0.258 e. The molecular weight excluding hydrogens is 269 g/mol. The molecule has 0 bridgehead atoms. The molecule has 1 saturated carbocycles. The first kappa shape index (κ1) is 14.1. The zero-order valence-electron chi connectivity index (χ0n) is 10.5. The van der Waals surface area contributed by atoms with Gasteiger partial charge in [-0.15, -0.1) is 11.6 Å². The Labute approximate surface area is 116 Å². The largest absolute Gasteiger partial charge is 0.507 e. The lowest BCUT2D eigenvalue weighted by atomic mass is 9.87. The quantitative estimate of drug-likeness (QED) is 0.839. The van der Waals surface area contributed by atoms with Crippen LogP contribution in [0.5, 0.6) is 5.75 Å². The molecule has 1 aromatic rings. The molecule has 104 valence electrons. The molecule has 0 saturated heterocycles. The lowest BCUT2D eigenvalue weighted by Gasteiger charge is -2.28. The minimum atomic E-state index is -0.706. The average Bonchev–Trinajstić information content (AvgIpc) is 2.38. The Morgan fingerprint density at radius 2 is 2.26 bits per heavy atom. The molecule has 1 amide bonds. The molecule has 2 rings (SSSR count). The highest BCUT2D eigenvalue weighted by molar-refractivity contribution is 6.18. The molecule has 0 heterocycles. The first-order valence-electron chi connectivity index (χ1n) is 6.46. The molecule has 19 heavy (non-hydrogen) atoms. The van der Waals surface area contributed by atoms with Crippen LogP contribution in [-0.2, 0) is 0 Å². The van der Waals surface area contributed by atoms with E-state index in [-0.39, 0.29) is 17.4 Å². The van der Waals surface area contributed by atoms with Crippen molar-refractivity contribution in [2.75, 3.05) is 5.88 Å². The maximum absolute atomic E-state index is 13.6. The van der Waals surface area contributed by atoms with E-state index in [1.54, 1.807) is 0 Å². The van der Waals surface area contributed by atoms with Crippen molar-refractivity contribution in [3.8, 4) is 5.75 Å². The summed E-state index contributed by atoms with van der Waals surface area (Å²) in [4.78, 5) is 12.0.